The highest BCUT2D eigenvalue weighted by atomic mass is 79.9. The van der Waals surface area contributed by atoms with Crippen LogP contribution in [0.2, 0.25) is 0 Å². The van der Waals surface area contributed by atoms with Crippen molar-refractivity contribution in [2.45, 2.75) is 39.8 Å². The molecule has 1 aromatic rings. The molecule has 0 unspecified atom stereocenters. The first kappa shape index (κ1) is 20.7. The lowest BCUT2D eigenvalue weighted by atomic mass is 10.1. The highest BCUT2D eigenvalue weighted by molar-refractivity contribution is 9.10. The number of halogens is 1. The van der Waals surface area contributed by atoms with Gasteiger partial charge in [0.2, 0.25) is 0 Å². The van der Waals surface area contributed by atoms with Gasteiger partial charge in [-0.1, -0.05) is 6.07 Å². The van der Waals surface area contributed by atoms with Crippen molar-refractivity contribution in [3.63, 3.8) is 0 Å². The van der Waals surface area contributed by atoms with E-state index in [1.807, 2.05) is 45.9 Å². The SMILES string of the molecule is CCOCCOCOc1ccc(CNC(=O)NC(C)(C)C)cc1Br. The second kappa shape index (κ2) is 10.5. The van der Waals surface area contributed by atoms with Crippen molar-refractivity contribution in [1.82, 2.24) is 10.6 Å². The Labute approximate surface area is 152 Å². The first-order valence-electron chi connectivity index (χ1n) is 7.94. The van der Waals surface area contributed by atoms with E-state index >= 15 is 0 Å². The Hall–Kier alpha value is -1.31. The summed E-state index contributed by atoms with van der Waals surface area (Å²) in [7, 11) is 0. The molecule has 0 spiro atoms. The number of rotatable bonds is 9. The molecule has 0 aliphatic heterocycles. The van der Waals surface area contributed by atoms with Crippen LogP contribution in [0.3, 0.4) is 0 Å². The molecule has 24 heavy (non-hydrogen) atoms. The van der Waals surface area contributed by atoms with E-state index in [9.17, 15) is 4.79 Å². The van der Waals surface area contributed by atoms with Crippen LogP contribution in [-0.4, -0.2) is 38.2 Å². The van der Waals surface area contributed by atoms with Crippen molar-refractivity contribution >= 4 is 22.0 Å². The molecule has 6 nitrogen and oxygen atoms in total. The first-order valence-corrected chi connectivity index (χ1v) is 8.74. The zero-order valence-corrected chi connectivity index (χ0v) is 16.4. The van der Waals surface area contributed by atoms with E-state index in [0.717, 1.165) is 10.0 Å². The Morgan fingerprint density at radius 1 is 1.21 bits per heavy atom. The second-order valence-corrected chi connectivity index (χ2v) is 7.04. The Balaban J connectivity index is 2.37. The van der Waals surface area contributed by atoms with E-state index in [1.165, 1.54) is 0 Å². The highest BCUT2D eigenvalue weighted by Crippen LogP contribution is 2.26. The number of benzene rings is 1. The molecule has 0 aliphatic carbocycles. The Morgan fingerprint density at radius 3 is 2.54 bits per heavy atom. The molecular formula is C17H27BrN2O4. The maximum absolute atomic E-state index is 11.7. The van der Waals surface area contributed by atoms with Crippen molar-refractivity contribution in [3.8, 4) is 5.75 Å². The van der Waals surface area contributed by atoms with Gasteiger partial charge in [0, 0.05) is 18.7 Å². The average molecular weight is 403 g/mol. The molecule has 0 aromatic heterocycles. The van der Waals surface area contributed by atoms with Gasteiger partial charge < -0.3 is 24.8 Å². The van der Waals surface area contributed by atoms with Crippen LogP contribution in [0.5, 0.6) is 5.75 Å². The molecule has 0 radical (unpaired) electrons. The maximum atomic E-state index is 11.7. The number of urea groups is 1. The van der Waals surface area contributed by atoms with Gasteiger partial charge in [0.15, 0.2) is 6.79 Å². The summed E-state index contributed by atoms with van der Waals surface area (Å²) in [6, 6.07) is 5.46. The second-order valence-electron chi connectivity index (χ2n) is 6.19. The summed E-state index contributed by atoms with van der Waals surface area (Å²) < 4.78 is 16.8. The van der Waals surface area contributed by atoms with Crippen LogP contribution in [-0.2, 0) is 16.0 Å². The number of amides is 2. The Bertz CT molecular complexity index is 518. The zero-order valence-electron chi connectivity index (χ0n) is 14.8. The van der Waals surface area contributed by atoms with Crippen molar-refractivity contribution in [3.05, 3.63) is 28.2 Å². The van der Waals surface area contributed by atoms with Crippen LogP contribution in [0.4, 0.5) is 4.79 Å². The number of ether oxygens (including phenoxy) is 3. The van der Waals surface area contributed by atoms with Gasteiger partial charge in [-0.3, -0.25) is 0 Å². The van der Waals surface area contributed by atoms with Crippen LogP contribution >= 0.6 is 15.9 Å². The van der Waals surface area contributed by atoms with Gasteiger partial charge in [0.1, 0.15) is 5.75 Å². The minimum Gasteiger partial charge on any atom is -0.466 e. The summed E-state index contributed by atoms with van der Waals surface area (Å²) in [5, 5.41) is 5.67. The molecule has 1 rings (SSSR count). The van der Waals surface area contributed by atoms with Gasteiger partial charge in [0.25, 0.3) is 0 Å². The molecule has 0 saturated carbocycles. The van der Waals surface area contributed by atoms with Crippen molar-refractivity contribution in [2.24, 2.45) is 0 Å². The highest BCUT2D eigenvalue weighted by Gasteiger charge is 2.13. The summed E-state index contributed by atoms with van der Waals surface area (Å²) in [5.41, 5.74) is 0.709. The number of hydrogen-bond donors (Lipinski definition) is 2. The van der Waals surface area contributed by atoms with Gasteiger partial charge in [-0.2, -0.15) is 0 Å². The predicted octanol–water partition coefficient (Wildman–Crippen LogP) is 3.44. The van der Waals surface area contributed by atoms with Gasteiger partial charge in [-0.25, -0.2) is 4.79 Å². The third kappa shape index (κ3) is 9.10. The normalized spacial score (nSPS) is 11.2. The van der Waals surface area contributed by atoms with Gasteiger partial charge in [-0.05, 0) is 61.3 Å². The van der Waals surface area contributed by atoms with E-state index in [0.29, 0.717) is 32.1 Å². The van der Waals surface area contributed by atoms with Crippen LogP contribution in [0.15, 0.2) is 22.7 Å². The topological polar surface area (TPSA) is 68.8 Å². The molecule has 0 atom stereocenters. The zero-order chi connectivity index (χ0) is 18.0. The molecule has 0 aliphatic rings. The summed E-state index contributed by atoms with van der Waals surface area (Å²) in [4.78, 5) is 11.7. The maximum Gasteiger partial charge on any atom is 0.315 e. The van der Waals surface area contributed by atoms with E-state index in [1.54, 1.807) is 0 Å². The molecule has 0 bridgehead atoms. The lowest BCUT2D eigenvalue weighted by Crippen LogP contribution is -2.46. The third-order valence-corrected chi connectivity index (χ3v) is 3.43. The number of hydrogen-bond acceptors (Lipinski definition) is 4. The summed E-state index contributed by atoms with van der Waals surface area (Å²) in [5.74, 6) is 0.689. The monoisotopic (exact) mass is 402 g/mol. The first-order chi connectivity index (χ1) is 11.3. The van der Waals surface area contributed by atoms with Crippen LogP contribution in [0.1, 0.15) is 33.3 Å². The fourth-order valence-electron chi connectivity index (χ4n) is 1.76. The van der Waals surface area contributed by atoms with E-state index in [4.69, 9.17) is 14.2 Å². The predicted molar refractivity (Wildman–Crippen MR) is 97.2 cm³/mol. The minimum atomic E-state index is -0.259. The molecule has 0 heterocycles. The number of carbonyl (C=O) groups is 1. The quantitative estimate of drug-likeness (QED) is 0.490. The van der Waals surface area contributed by atoms with Gasteiger partial charge >= 0.3 is 6.03 Å². The molecule has 7 heteroatoms. The number of nitrogens with one attached hydrogen (secondary N) is 2. The van der Waals surface area contributed by atoms with Crippen LogP contribution in [0, 0.1) is 0 Å². The molecular weight excluding hydrogens is 376 g/mol. The smallest absolute Gasteiger partial charge is 0.315 e. The van der Waals surface area contributed by atoms with E-state index in [-0.39, 0.29) is 18.4 Å². The van der Waals surface area contributed by atoms with Crippen molar-refractivity contribution in [2.75, 3.05) is 26.6 Å². The Kier molecular flexibility index (Phi) is 9.10. The lowest BCUT2D eigenvalue weighted by Gasteiger charge is -2.20. The molecule has 2 amide bonds. The lowest BCUT2D eigenvalue weighted by molar-refractivity contribution is -0.0153. The molecule has 1 aromatic carbocycles. The molecule has 0 fully saturated rings. The van der Waals surface area contributed by atoms with Crippen LogP contribution < -0.4 is 15.4 Å². The summed E-state index contributed by atoms with van der Waals surface area (Å²) >= 11 is 3.46. The van der Waals surface area contributed by atoms with Crippen LogP contribution in [0.25, 0.3) is 0 Å². The van der Waals surface area contributed by atoms with Crippen molar-refractivity contribution in [1.29, 1.82) is 0 Å². The van der Waals surface area contributed by atoms with Gasteiger partial charge in [-0.15, -0.1) is 0 Å². The van der Waals surface area contributed by atoms with Crippen molar-refractivity contribution < 1.29 is 19.0 Å². The molecule has 2 N–H and O–H groups in total. The number of carbonyl (C=O) groups excluding carboxylic acids is 1. The summed E-state index contributed by atoms with van der Waals surface area (Å²) in [6.45, 7) is 10.1. The molecule has 0 saturated heterocycles. The summed E-state index contributed by atoms with van der Waals surface area (Å²) in [6.07, 6.45) is 0. The van der Waals surface area contributed by atoms with E-state index in [2.05, 4.69) is 26.6 Å². The minimum absolute atomic E-state index is 0.164. The average Bonchev–Trinajstić information content (AvgIpc) is 2.48. The van der Waals surface area contributed by atoms with E-state index < -0.39 is 0 Å². The third-order valence-electron chi connectivity index (χ3n) is 2.81. The fraction of sp³-hybridized carbons (Fsp3) is 0.588. The molecule has 136 valence electrons. The fourth-order valence-corrected chi connectivity index (χ4v) is 2.31. The largest absolute Gasteiger partial charge is 0.466 e. The van der Waals surface area contributed by atoms with Gasteiger partial charge in [0.05, 0.1) is 17.7 Å². The Morgan fingerprint density at radius 2 is 1.92 bits per heavy atom. The standard InChI is InChI=1S/C17H27BrN2O4/c1-5-22-8-9-23-12-24-15-7-6-13(10-14(15)18)11-19-16(21)20-17(2,3)4/h6-7,10H,5,8-9,11-12H2,1-4H3,(H2,19,20,21).